The molecule has 3 aromatic rings. The third kappa shape index (κ3) is 5.74. The van der Waals surface area contributed by atoms with Crippen molar-refractivity contribution < 1.29 is 19.8 Å². The van der Waals surface area contributed by atoms with E-state index in [0.717, 1.165) is 36.7 Å². The molecule has 2 N–H and O–H groups in total. The Labute approximate surface area is 179 Å². The molecule has 0 fully saturated rings. The van der Waals surface area contributed by atoms with Crippen molar-refractivity contribution in [1.29, 1.82) is 0 Å². The second kappa shape index (κ2) is 11.2. The van der Waals surface area contributed by atoms with E-state index in [1.807, 2.05) is 6.92 Å². The fourth-order valence-corrected chi connectivity index (χ4v) is 4.42. The predicted molar refractivity (Wildman–Crippen MR) is 118 cm³/mol. The van der Waals surface area contributed by atoms with E-state index in [-0.39, 0.29) is 12.9 Å². The van der Waals surface area contributed by atoms with Crippen molar-refractivity contribution in [2.45, 2.75) is 25.9 Å². The Hall–Kier alpha value is -3.04. The third-order valence-electron chi connectivity index (χ3n) is 4.86. The quantitative estimate of drug-likeness (QED) is 0.611. The van der Waals surface area contributed by atoms with Gasteiger partial charge in [-0.25, -0.2) is 9.97 Å². The highest BCUT2D eigenvalue weighted by Gasteiger charge is 2.25. The maximum atomic E-state index is 8.36. The average Bonchev–Trinajstić information content (AvgIpc) is 3.17. The van der Waals surface area contributed by atoms with Gasteiger partial charge in [0.05, 0.1) is 10.2 Å². The molecule has 1 aromatic carbocycles. The van der Waals surface area contributed by atoms with Crippen LogP contribution in [0.5, 0.6) is 0 Å². The molecule has 1 unspecified atom stereocenters. The standard InChI is InChI=1S/C19H22N4S.2CH2O2/c1-13-20-17-8-9-24-18(17)19(21-13)23(3)12-16-10-14-6-4-5-7-15(14)11-22(16)2;2*2-1-3/h4-9,16H,10-12H2,1-3H3;2*1H,(H,2,3). The van der Waals surface area contributed by atoms with Gasteiger partial charge in [-0.2, -0.15) is 0 Å². The van der Waals surface area contributed by atoms with Crippen molar-refractivity contribution in [2.24, 2.45) is 0 Å². The summed E-state index contributed by atoms with van der Waals surface area (Å²) in [5.74, 6) is 1.89. The zero-order valence-corrected chi connectivity index (χ0v) is 18.0. The molecule has 8 nitrogen and oxygen atoms in total. The van der Waals surface area contributed by atoms with Gasteiger partial charge >= 0.3 is 0 Å². The zero-order valence-electron chi connectivity index (χ0n) is 17.2. The highest BCUT2D eigenvalue weighted by atomic mass is 32.1. The highest BCUT2D eigenvalue weighted by molar-refractivity contribution is 7.17. The molecule has 2 aromatic heterocycles. The molecule has 9 heteroatoms. The zero-order chi connectivity index (χ0) is 22.1. The molecule has 1 aliphatic rings. The first kappa shape index (κ1) is 23.2. The molecule has 3 heterocycles. The van der Waals surface area contributed by atoms with E-state index in [0.29, 0.717) is 6.04 Å². The van der Waals surface area contributed by atoms with Crippen molar-refractivity contribution in [1.82, 2.24) is 14.9 Å². The first-order valence-corrected chi connectivity index (χ1v) is 10.2. The first-order chi connectivity index (χ1) is 14.4. The molecular formula is C21H26N4O4S. The maximum absolute atomic E-state index is 8.36. The van der Waals surface area contributed by atoms with E-state index < -0.39 is 0 Å². The Kier molecular flexibility index (Phi) is 8.70. The lowest BCUT2D eigenvalue weighted by Gasteiger charge is -2.36. The summed E-state index contributed by atoms with van der Waals surface area (Å²) in [7, 11) is 4.37. The molecule has 0 amide bonds. The van der Waals surface area contributed by atoms with E-state index >= 15 is 0 Å². The molecule has 4 rings (SSSR count). The summed E-state index contributed by atoms with van der Waals surface area (Å²) in [6.45, 7) is 3.46. The molecule has 0 radical (unpaired) electrons. The molecule has 0 aliphatic carbocycles. The van der Waals surface area contributed by atoms with Crippen LogP contribution in [0.15, 0.2) is 35.7 Å². The smallest absolute Gasteiger partial charge is 0.290 e. The van der Waals surface area contributed by atoms with E-state index in [1.165, 1.54) is 15.8 Å². The van der Waals surface area contributed by atoms with Gasteiger partial charge in [0, 0.05) is 26.2 Å². The number of hydrogen-bond acceptors (Lipinski definition) is 7. The minimum absolute atomic E-state index is 0.250. The number of hydrogen-bond donors (Lipinski definition) is 2. The lowest BCUT2D eigenvalue weighted by molar-refractivity contribution is -0.123. The van der Waals surface area contributed by atoms with Crippen LogP contribution < -0.4 is 4.90 Å². The van der Waals surface area contributed by atoms with Gasteiger partial charge in [-0.15, -0.1) is 11.3 Å². The largest absolute Gasteiger partial charge is 0.483 e. The fraction of sp³-hybridized carbons (Fsp3) is 0.333. The number of aryl methyl sites for hydroxylation is 1. The molecule has 0 saturated heterocycles. The maximum Gasteiger partial charge on any atom is 0.290 e. The van der Waals surface area contributed by atoms with Crippen LogP contribution in [-0.4, -0.2) is 64.7 Å². The van der Waals surface area contributed by atoms with Crippen LogP contribution in [0.1, 0.15) is 17.0 Å². The molecule has 0 bridgehead atoms. The molecule has 0 spiro atoms. The summed E-state index contributed by atoms with van der Waals surface area (Å²) in [5, 5.41) is 15.9. The number of thiophene rings is 1. The van der Waals surface area contributed by atoms with Crippen LogP contribution >= 0.6 is 11.3 Å². The van der Waals surface area contributed by atoms with Crippen LogP contribution in [0.4, 0.5) is 5.82 Å². The lowest BCUT2D eigenvalue weighted by Crippen LogP contribution is -2.45. The number of fused-ring (bicyclic) bond motifs is 2. The molecule has 0 saturated carbocycles. The third-order valence-corrected chi connectivity index (χ3v) is 5.76. The summed E-state index contributed by atoms with van der Waals surface area (Å²) in [6, 6.07) is 11.4. The van der Waals surface area contributed by atoms with Gasteiger partial charge in [-0.3, -0.25) is 14.5 Å². The summed E-state index contributed by atoms with van der Waals surface area (Å²) >= 11 is 1.72. The van der Waals surface area contributed by atoms with Crippen molar-refractivity contribution in [3.8, 4) is 0 Å². The van der Waals surface area contributed by atoms with Gasteiger partial charge < -0.3 is 15.1 Å². The summed E-state index contributed by atoms with van der Waals surface area (Å²) in [5.41, 5.74) is 3.99. The van der Waals surface area contributed by atoms with Crippen molar-refractivity contribution in [2.75, 3.05) is 25.5 Å². The molecule has 1 atom stereocenters. The normalized spacial score (nSPS) is 15.1. The minimum atomic E-state index is -0.250. The predicted octanol–water partition coefficient (Wildman–Crippen LogP) is 2.89. The van der Waals surface area contributed by atoms with Gasteiger partial charge in [-0.1, -0.05) is 24.3 Å². The van der Waals surface area contributed by atoms with Crippen LogP contribution in [-0.2, 0) is 22.6 Å². The number of carboxylic acid groups (broad SMARTS) is 2. The van der Waals surface area contributed by atoms with E-state index in [9.17, 15) is 0 Å². The van der Waals surface area contributed by atoms with Gasteiger partial charge in [0.15, 0.2) is 0 Å². The van der Waals surface area contributed by atoms with Crippen molar-refractivity contribution in [3.05, 3.63) is 52.7 Å². The number of nitrogens with zero attached hydrogens (tertiary/aromatic N) is 4. The summed E-state index contributed by atoms with van der Waals surface area (Å²) < 4.78 is 1.18. The van der Waals surface area contributed by atoms with E-state index in [4.69, 9.17) is 24.8 Å². The summed E-state index contributed by atoms with van der Waals surface area (Å²) in [4.78, 5) is 30.7. The van der Waals surface area contributed by atoms with E-state index in [2.05, 4.69) is 64.6 Å². The fourth-order valence-electron chi connectivity index (χ4n) is 3.54. The Bertz CT molecular complexity index is 973. The lowest BCUT2D eigenvalue weighted by atomic mass is 9.94. The number of likely N-dealkylation sites (N-methyl/N-ethyl adjacent to an activating group) is 2. The number of anilines is 1. The van der Waals surface area contributed by atoms with Gasteiger partial charge in [0.1, 0.15) is 11.6 Å². The number of benzene rings is 1. The Balaban J connectivity index is 0.000000480. The van der Waals surface area contributed by atoms with Gasteiger partial charge in [0.2, 0.25) is 0 Å². The van der Waals surface area contributed by atoms with Crippen molar-refractivity contribution >= 4 is 40.3 Å². The van der Waals surface area contributed by atoms with Gasteiger partial charge in [-0.05, 0) is 43.0 Å². The average molecular weight is 431 g/mol. The second-order valence-electron chi connectivity index (χ2n) is 6.86. The number of carbonyl (C=O) groups is 2. The molecule has 30 heavy (non-hydrogen) atoms. The van der Waals surface area contributed by atoms with Crippen LogP contribution in [0.3, 0.4) is 0 Å². The second-order valence-corrected chi connectivity index (χ2v) is 7.78. The SMILES string of the molecule is Cc1nc(N(C)CC2Cc3ccccc3CN2C)c2sccc2n1.O=CO.O=CO. The monoisotopic (exact) mass is 430 g/mol. The van der Waals surface area contributed by atoms with E-state index in [1.54, 1.807) is 11.3 Å². The number of aromatic nitrogens is 2. The Morgan fingerprint density at radius 3 is 2.47 bits per heavy atom. The van der Waals surface area contributed by atoms with Crippen LogP contribution in [0.2, 0.25) is 0 Å². The summed E-state index contributed by atoms with van der Waals surface area (Å²) in [6.07, 6.45) is 1.09. The number of rotatable bonds is 3. The molecular weight excluding hydrogens is 404 g/mol. The molecule has 1 aliphatic heterocycles. The Morgan fingerprint density at radius 2 is 1.80 bits per heavy atom. The topological polar surface area (TPSA) is 107 Å². The molecule has 160 valence electrons. The van der Waals surface area contributed by atoms with Crippen LogP contribution in [0, 0.1) is 6.92 Å². The first-order valence-electron chi connectivity index (χ1n) is 9.30. The minimum Gasteiger partial charge on any atom is -0.483 e. The Morgan fingerprint density at radius 1 is 1.17 bits per heavy atom. The van der Waals surface area contributed by atoms with Crippen molar-refractivity contribution in [3.63, 3.8) is 0 Å². The highest BCUT2D eigenvalue weighted by Crippen LogP contribution is 2.29. The van der Waals surface area contributed by atoms with Gasteiger partial charge in [0.25, 0.3) is 12.9 Å². The van der Waals surface area contributed by atoms with Crippen LogP contribution in [0.25, 0.3) is 10.2 Å².